The summed E-state index contributed by atoms with van der Waals surface area (Å²) < 4.78 is 4.97. The number of aromatic nitrogens is 1. The van der Waals surface area contributed by atoms with E-state index in [1.54, 1.807) is 26.0 Å². The summed E-state index contributed by atoms with van der Waals surface area (Å²) in [7, 11) is 0. The number of hydrogen-bond donors (Lipinski definition) is 1. The summed E-state index contributed by atoms with van der Waals surface area (Å²) >= 11 is 11.9. The highest BCUT2D eigenvalue weighted by Gasteiger charge is 2.16. The minimum atomic E-state index is -0.189. The van der Waals surface area contributed by atoms with E-state index in [9.17, 15) is 4.79 Å². The van der Waals surface area contributed by atoms with Crippen molar-refractivity contribution in [2.75, 3.05) is 6.54 Å². The summed E-state index contributed by atoms with van der Waals surface area (Å²) in [5.74, 6) is 0.330. The fourth-order valence-electron chi connectivity index (χ4n) is 1.93. The van der Waals surface area contributed by atoms with Crippen LogP contribution in [0.5, 0.6) is 0 Å². The highest BCUT2D eigenvalue weighted by atomic mass is 35.5. The molecule has 2 rings (SSSR count). The van der Waals surface area contributed by atoms with Gasteiger partial charge in [0.1, 0.15) is 11.3 Å². The summed E-state index contributed by atoms with van der Waals surface area (Å²) in [4.78, 5) is 12.0. The molecule has 0 aliphatic heterocycles. The number of carbonyl (C=O) groups excluding carboxylic acids is 1. The molecule has 6 heteroatoms. The number of amides is 1. The predicted octanol–water partition coefficient (Wildman–Crippen LogP) is 3.57. The number of aryl methyl sites for hydroxylation is 2. The van der Waals surface area contributed by atoms with Crippen molar-refractivity contribution in [1.82, 2.24) is 10.5 Å². The maximum atomic E-state index is 12.0. The third-order valence-corrected chi connectivity index (χ3v) is 3.54. The van der Waals surface area contributed by atoms with Crippen LogP contribution in [0.3, 0.4) is 0 Å². The zero-order chi connectivity index (χ0) is 14.7. The minimum absolute atomic E-state index is 0.189. The molecule has 20 heavy (non-hydrogen) atoms. The lowest BCUT2D eigenvalue weighted by Crippen LogP contribution is -2.26. The predicted molar refractivity (Wildman–Crippen MR) is 78.5 cm³/mol. The molecule has 0 unspecified atom stereocenters. The Morgan fingerprint density at radius 1 is 1.35 bits per heavy atom. The van der Waals surface area contributed by atoms with E-state index in [1.807, 2.05) is 6.07 Å². The molecule has 0 saturated heterocycles. The number of halogens is 2. The van der Waals surface area contributed by atoms with Crippen LogP contribution in [0.25, 0.3) is 0 Å². The van der Waals surface area contributed by atoms with Gasteiger partial charge in [-0.2, -0.15) is 0 Å². The zero-order valence-corrected chi connectivity index (χ0v) is 12.7. The van der Waals surface area contributed by atoms with E-state index in [4.69, 9.17) is 27.7 Å². The molecule has 1 aromatic heterocycles. The maximum absolute atomic E-state index is 12.0. The largest absolute Gasteiger partial charge is 0.361 e. The molecule has 0 radical (unpaired) electrons. The molecule has 106 valence electrons. The van der Waals surface area contributed by atoms with Gasteiger partial charge in [0, 0.05) is 16.6 Å². The Morgan fingerprint density at radius 2 is 2.10 bits per heavy atom. The van der Waals surface area contributed by atoms with Gasteiger partial charge >= 0.3 is 0 Å². The van der Waals surface area contributed by atoms with Crippen molar-refractivity contribution < 1.29 is 9.32 Å². The lowest BCUT2D eigenvalue weighted by molar-refractivity contribution is 0.0952. The summed E-state index contributed by atoms with van der Waals surface area (Å²) in [5.41, 5.74) is 2.02. The van der Waals surface area contributed by atoms with Gasteiger partial charge in [0.25, 0.3) is 5.91 Å². The molecule has 1 aromatic carbocycles. The molecule has 0 spiro atoms. The first-order chi connectivity index (χ1) is 9.49. The Hall–Kier alpha value is -1.52. The number of nitrogens with one attached hydrogen (secondary N) is 1. The third-order valence-electron chi connectivity index (χ3n) is 2.96. The summed E-state index contributed by atoms with van der Waals surface area (Å²) in [6, 6.07) is 5.32. The van der Waals surface area contributed by atoms with Crippen molar-refractivity contribution in [3.05, 3.63) is 50.8 Å². The van der Waals surface area contributed by atoms with E-state index in [1.165, 1.54) is 0 Å². The van der Waals surface area contributed by atoms with Crippen molar-refractivity contribution in [2.24, 2.45) is 0 Å². The second-order valence-electron chi connectivity index (χ2n) is 4.44. The maximum Gasteiger partial charge on any atom is 0.256 e. The minimum Gasteiger partial charge on any atom is -0.361 e. The Bertz CT molecular complexity index is 619. The number of benzene rings is 1. The molecule has 4 nitrogen and oxygen atoms in total. The number of hydrogen-bond acceptors (Lipinski definition) is 3. The molecular formula is C14H14Cl2N2O2. The van der Waals surface area contributed by atoms with Gasteiger partial charge in [0.2, 0.25) is 0 Å². The van der Waals surface area contributed by atoms with Crippen LogP contribution >= 0.6 is 23.2 Å². The van der Waals surface area contributed by atoms with Crippen LogP contribution < -0.4 is 5.32 Å². The highest BCUT2D eigenvalue weighted by Crippen LogP contribution is 2.21. The molecule has 0 atom stereocenters. The van der Waals surface area contributed by atoms with E-state index in [0.717, 1.165) is 5.56 Å². The first-order valence-electron chi connectivity index (χ1n) is 6.14. The van der Waals surface area contributed by atoms with Gasteiger partial charge in [-0.25, -0.2) is 0 Å². The van der Waals surface area contributed by atoms with Gasteiger partial charge in [-0.3, -0.25) is 4.79 Å². The highest BCUT2D eigenvalue weighted by molar-refractivity contribution is 6.35. The van der Waals surface area contributed by atoms with E-state index in [0.29, 0.717) is 40.0 Å². The lowest BCUT2D eigenvalue weighted by Gasteiger charge is -2.07. The van der Waals surface area contributed by atoms with Gasteiger partial charge in [0.05, 0.1) is 5.69 Å². The number of rotatable bonds is 4. The summed E-state index contributed by atoms with van der Waals surface area (Å²) in [6.07, 6.45) is 0.630. The van der Waals surface area contributed by atoms with Crippen LogP contribution in [0.1, 0.15) is 27.4 Å². The quantitative estimate of drug-likeness (QED) is 0.939. The van der Waals surface area contributed by atoms with Crippen molar-refractivity contribution in [2.45, 2.75) is 20.3 Å². The molecule has 0 bridgehead atoms. The summed E-state index contributed by atoms with van der Waals surface area (Å²) in [5, 5.41) is 7.78. The molecular weight excluding hydrogens is 299 g/mol. The van der Waals surface area contributed by atoms with Crippen LogP contribution in [-0.4, -0.2) is 17.6 Å². The van der Waals surface area contributed by atoms with Gasteiger partial charge in [-0.1, -0.05) is 34.4 Å². The van der Waals surface area contributed by atoms with Gasteiger partial charge in [-0.15, -0.1) is 0 Å². The molecule has 0 aliphatic rings. The molecule has 1 heterocycles. The van der Waals surface area contributed by atoms with E-state index >= 15 is 0 Å². The third kappa shape index (κ3) is 3.32. The first-order valence-corrected chi connectivity index (χ1v) is 6.89. The SMILES string of the molecule is Cc1noc(C)c1C(=O)NCCc1ccc(Cl)cc1Cl. The number of carbonyl (C=O) groups is 1. The summed E-state index contributed by atoms with van der Waals surface area (Å²) in [6.45, 7) is 3.93. The number of nitrogens with zero attached hydrogens (tertiary/aromatic N) is 1. The van der Waals surface area contributed by atoms with Gasteiger partial charge in [0.15, 0.2) is 0 Å². The van der Waals surface area contributed by atoms with Gasteiger partial charge < -0.3 is 9.84 Å². The Morgan fingerprint density at radius 3 is 2.70 bits per heavy atom. The standard InChI is InChI=1S/C14H14Cl2N2O2/c1-8-13(9(2)20-18-8)14(19)17-6-5-10-3-4-11(15)7-12(10)16/h3-4,7H,5-6H2,1-2H3,(H,17,19). The molecule has 0 fully saturated rings. The topological polar surface area (TPSA) is 55.1 Å². The van der Waals surface area contributed by atoms with E-state index in [2.05, 4.69) is 10.5 Å². The van der Waals surface area contributed by atoms with Crippen LogP contribution in [0.15, 0.2) is 22.7 Å². The fourth-order valence-corrected chi connectivity index (χ4v) is 2.43. The smallest absolute Gasteiger partial charge is 0.256 e. The Kier molecular flexibility index (Phi) is 4.68. The molecule has 0 aliphatic carbocycles. The van der Waals surface area contributed by atoms with Crippen LogP contribution in [0.2, 0.25) is 10.0 Å². The molecule has 2 aromatic rings. The molecule has 0 saturated carbocycles. The second kappa shape index (κ2) is 6.29. The lowest BCUT2D eigenvalue weighted by atomic mass is 10.1. The van der Waals surface area contributed by atoms with Crippen LogP contribution in [0, 0.1) is 13.8 Å². The Labute approximate surface area is 127 Å². The first kappa shape index (κ1) is 14.9. The second-order valence-corrected chi connectivity index (χ2v) is 5.28. The van der Waals surface area contributed by atoms with E-state index in [-0.39, 0.29) is 5.91 Å². The van der Waals surface area contributed by atoms with Crippen molar-refractivity contribution >= 4 is 29.1 Å². The average molecular weight is 313 g/mol. The van der Waals surface area contributed by atoms with Crippen molar-refractivity contribution in [3.8, 4) is 0 Å². The Balaban J connectivity index is 1.95. The van der Waals surface area contributed by atoms with E-state index < -0.39 is 0 Å². The van der Waals surface area contributed by atoms with Gasteiger partial charge in [-0.05, 0) is 38.0 Å². The van der Waals surface area contributed by atoms with Crippen molar-refractivity contribution in [3.63, 3.8) is 0 Å². The molecule has 1 N–H and O–H groups in total. The zero-order valence-electron chi connectivity index (χ0n) is 11.2. The average Bonchev–Trinajstić information content (AvgIpc) is 2.71. The van der Waals surface area contributed by atoms with Crippen LogP contribution in [-0.2, 0) is 6.42 Å². The monoisotopic (exact) mass is 312 g/mol. The normalized spacial score (nSPS) is 10.6. The molecule has 1 amide bonds. The fraction of sp³-hybridized carbons (Fsp3) is 0.286. The van der Waals surface area contributed by atoms with Crippen molar-refractivity contribution in [1.29, 1.82) is 0 Å². The van der Waals surface area contributed by atoms with Crippen LogP contribution in [0.4, 0.5) is 0 Å².